The van der Waals surface area contributed by atoms with E-state index < -0.39 is 5.97 Å². The Morgan fingerprint density at radius 1 is 1.25 bits per heavy atom. The van der Waals surface area contributed by atoms with Crippen LogP contribution in [-0.4, -0.2) is 33.5 Å². The number of carbonyl (C=O) groups is 1. The fourth-order valence-corrected chi connectivity index (χ4v) is 8.30. The van der Waals surface area contributed by atoms with Crippen LogP contribution in [0.3, 0.4) is 0 Å². The zero-order chi connectivity index (χ0) is 20.3. The van der Waals surface area contributed by atoms with Gasteiger partial charge in [0, 0.05) is 6.42 Å². The molecule has 0 heterocycles. The van der Waals surface area contributed by atoms with E-state index in [1.807, 2.05) is 0 Å². The van der Waals surface area contributed by atoms with E-state index in [0.29, 0.717) is 29.6 Å². The molecule has 4 aliphatic rings. The first-order chi connectivity index (χ1) is 13.2. The summed E-state index contributed by atoms with van der Waals surface area (Å²) >= 11 is 0. The van der Waals surface area contributed by atoms with Gasteiger partial charge in [-0.3, -0.25) is 4.79 Å². The summed E-state index contributed by atoms with van der Waals surface area (Å²) in [4.78, 5) is 11.0. The van der Waals surface area contributed by atoms with Gasteiger partial charge in [0.25, 0.3) is 0 Å². The van der Waals surface area contributed by atoms with Gasteiger partial charge in [-0.25, -0.2) is 0 Å². The second-order valence-electron chi connectivity index (χ2n) is 10.9. The predicted molar refractivity (Wildman–Crippen MR) is 109 cm³/mol. The van der Waals surface area contributed by atoms with Gasteiger partial charge in [-0.2, -0.15) is 0 Å². The summed E-state index contributed by atoms with van der Waals surface area (Å²) in [5.74, 6) is 1.66. The molecule has 4 aliphatic carbocycles. The molecule has 0 aliphatic heterocycles. The molecule has 0 aromatic rings. The van der Waals surface area contributed by atoms with Crippen molar-refractivity contribution < 1.29 is 20.1 Å². The van der Waals surface area contributed by atoms with E-state index >= 15 is 0 Å². The number of hydrogen-bond donors (Lipinski definition) is 3. The van der Waals surface area contributed by atoms with Crippen LogP contribution in [0.15, 0.2) is 11.6 Å². The molecule has 4 heteroatoms. The maximum Gasteiger partial charge on any atom is 0.303 e. The SMILES string of the molecule is C[C@H](CCC(=O)O)[C@H]1CC[C@H]2[C@@H]3CC=C4C[C@@H](O)CC[C@]4(C)[C@H]3[C@@H](O)C[C@]12C. The monoisotopic (exact) mass is 390 g/mol. The Labute approximate surface area is 169 Å². The molecule has 0 radical (unpaired) electrons. The molecule has 0 amide bonds. The second kappa shape index (κ2) is 7.12. The number of hydrogen-bond acceptors (Lipinski definition) is 3. The van der Waals surface area contributed by atoms with Gasteiger partial charge in [-0.1, -0.05) is 32.4 Å². The van der Waals surface area contributed by atoms with Crippen LogP contribution < -0.4 is 0 Å². The molecule has 3 N–H and O–H groups in total. The third kappa shape index (κ3) is 3.06. The summed E-state index contributed by atoms with van der Waals surface area (Å²) in [7, 11) is 0. The highest BCUT2D eigenvalue weighted by atomic mass is 16.4. The van der Waals surface area contributed by atoms with Crippen LogP contribution in [0.2, 0.25) is 0 Å². The van der Waals surface area contributed by atoms with Crippen molar-refractivity contribution in [3.8, 4) is 0 Å². The molecule has 0 aromatic carbocycles. The van der Waals surface area contributed by atoms with E-state index in [1.165, 1.54) is 18.4 Å². The number of aliphatic carboxylic acids is 1. The number of carboxylic acid groups (broad SMARTS) is 1. The molecule has 3 fully saturated rings. The Morgan fingerprint density at radius 3 is 2.71 bits per heavy atom. The van der Waals surface area contributed by atoms with E-state index in [9.17, 15) is 15.0 Å². The fourth-order valence-electron chi connectivity index (χ4n) is 8.30. The van der Waals surface area contributed by atoms with Gasteiger partial charge < -0.3 is 15.3 Å². The van der Waals surface area contributed by atoms with Gasteiger partial charge in [0.05, 0.1) is 12.2 Å². The quantitative estimate of drug-likeness (QED) is 0.622. The number of carboxylic acids is 1. The highest BCUT2D eigenvalue weighted by Crippen LogP contribution is 2.67. The molecule has 0 spiro atoms. The number of allylic oxidation sites excluding steroid dienone is 1. The van der Waals surface area contributed by atoms with Gasteiger partial charge >= 0.3 is 5.97 Å². The molecular weight excluding hydrogens is 352 g/mol. The summed E-state index contributed by atoms with van der Waals surface area (Å²) < 4.78 is 0. The van der Waals surface area contributed by atoms with Crippen molar-refractivity contribution in [2.24, 2.45) is 40.4 Å². The van der Waals surface area contributed by atoms with Gasteiger partial charge in [-0.05, 0) is 91.8 Å². The Hall–Kier alpha value is -0.870. The molecule has 3 saturated carbocycles. The van der Waals surface area contributed by atoms with Crippen molar-refractivity contribution in [1.29, 1.82) is 0 Å². The predicted octanol–water partition coefficient (Wildman–Crippen LogP) is 4.40. The standard InChI is InChI=1S/C24H38O4/c1-14(4-9-21(27)28)18-7-8-19-17-6-5-15-12-16(25)10-11-23(15,2)22(17)20(26)13-24(18,19)3/h5,14,16-20,22,25-26H,4,6-13H2,1-3H3,(H,27,28)/t14-,16+,17+,18-,19+,20+,22-,23+,24-/m1/s1. The van der Waals surface area contributed by atoms with Gasteiger partial charge in [0.2, 0.25) is 0 Å². The Balaban J connectivity index is 1.59. The van der Waals surface area contributed by atoms with E-state index in [0.717, 1.165) is 38.5 Å². The summed E-state index contributed by atoms with van der Waals surface area (Å²) in [6, 6.07) is 0. The number of fused-ring (bicyclic) bond motifs is 5. The fraction of sp³-hybridized carbons (Fsp3) is 0.875. The largest absolute Gasteiger partial charge is 0.481 e. The van der Waals surface area contributed by atoms with Crippen molar-refractivity contribution >= 4 is 5.97 Å². The van der Waals surface area contributed by atoms with Crippen molar-refractivity contribution in [3.05, 3.63) is 11.6 Å². The maximum absolute atomic E-state index is 11.4. The first kappa shape index (κ1) is 20.4. The lowest BCUT2D eigenvalue weighted by molar-refractivity contribution is -0.138. The van der Waals surface area contributed by atoms with E-state index in [2.05, 4.69) is 26.8 Å². The number of rotatable bonds is 4. The molecule has 0 saturated heterocycles. The van der Waals surface area contributed by atoms with Crippen molar-refractivity contribution in [3.63, 3.8) is 0 Å². The molecule has 28 heavy (non-hydrogen) atoms. The smallest absolute Gasteiger partial charge is 0.303 e. The maximum atomic E-state index is 11.4. The van der Waals surface area contributed by atoms with Crippen LogP contribution in [0, 0.1) is 40.4 Å². The number of aliphatic hydroxyl groups excluding tert-OH is 2. The van der Waals surface area contributed by atoms with Crippen LogP contribution in [0.25, 0.3) is 0 Å². The Bertz CT molecular complexity index is 657. The van der Waals surface area contributed by atoms with E-state index in [1.54, 1.807) is 0 Å². The average molecular weight is 391 g/mol. The summed E-state index contributed by atoms with van der Waals surface area (Å²) in [6.07, 6.45) is 9.79. The lowest BCUT2D eigenvalue weighted by atomic mass is 9.46. The van der Waals surface area contributed by atoms with Crippen LogP contribution in [-0.2, 0) is 4.79 Å². The van der Waals surface area contributed by atoms with Crippen molar-refractivity contribution in [2.45, 2.75) is 90.8 Å². The van der Waals surface area contributed by atoms with Crippen LogP contribution in [0.5, 0.6) is 0 Å². The zero-order valence-electron chi connectivity index (χ0n) is 17.7. The Morgan fingerprint density at radius 2 is 2.00 bits per heavy atom. The molecule has 4 rings (SSSR count). The zero-order valence-corrected chi connectivity index (χ0v) is 17.7. The highest BCUT2D eigenvalue weighted by Gasteiger charge is 2.61. The van der Waals surface area contributed by atoms with Crippen LogP contribution >= 0.6 is 0 Å². The third-order valence-electron chi connectivity index (χ3n) is 9.58. The van der Waals surface area contributed by atoms with E-state index in [4.69, 9.17) is 5.11 Å². The summed E-state index contributed by atoms with van der Waals surface area (Å²) in [5.41, 5.74) is 1.55. The topological polar surface area (TPSA) is 77.8 Å². The second-order valence-corrected chi connectivity index (χ2v) is 10.9. The normalized spacial score (nSPS) is 48.8. The van der Waals surface area contributed by atoms with E-state index in [-0.39, 0.29) is 29.5 Å². The molecule has 0 aromatic heterocycles. The summed E-state index contributed by atoms with van der Waals surface area (Å²) in [5, 5.41) is 30.7. The lowest BCUT2D eigenvalue weighted by Gasteiger charge is -2.60. The van der Waals surface area contributed by atoms with Gasteiger partial charge in [-0.15, -0.1) is 0 Å². The van der Waals surface area contributed by atoms with Gasteiger partial charge in [0.15, 0.2) is 0 Å². The Kier molecular flexibility index (Phi) is 5.19. The average Bonchev–Trinajstić information content (AvgIpc) is 2.96. The summed E-state index contributed by atoms with van der Waals surface area (Å²) in [6.45, 7) is 6.95. The van der Waals surface area contributed by atoms with Crippen LogP contribution in [0.1, 0.15) is 78.6 Å². The molecular formula is C24H38O4. The molecule has 0 unspecified atom stereocenters. The van der Waals surface area contributed by atoms with Gasteiger partial charge in [0.1, 0.15) is 0 Å². The minimum Gasteiger partial charge on any atom is -0.481 e. The first-order valence-corrected chi connectivity index (χ1v) is 11.4. The van der Waals surface area contributed by atoms with Crippen molar-refractivity contribution in [2.75, 3.05) is 0 Å². The van der Waals surface area contributed by atoms with Crippen LogP contribution in [0.4, 0.5) is 0 Å². The molecule has 4 nitrogen and oxygen atoms in total. The molecule has 9 atom stereocenters. The number of aliphatic hydroxyl groups is 2. The minimum atomic E-state index is -0.701. The molecule has 158 valence electrons. The minimum absolute atomic E-state index is 0.0376. The highest BCUT2D eigenvalue weighted by molar-refractivity contribution is 5.66. The third-order valence-corrected chi connectivity index (χ3v) is 9.58. The molecule has 0 bridgehead atoms. The van der Waals surface area contributed by atoms with Crippen molar-refractivity contribution in [1.82, 2.24) is 0 Å². The lowest BCUT2D eigenvalue weighted by Crippen LogP contribution is -2.56. The first-order valence-electron chi connectivity index (χ1n) is 11.4.